The number of thioether (sulfide) groups is 1. The molecule has 2 amide bonds. The fourth-order valence-electron chi connectivity index (χ4n) is 2.64. The second-order valence-electron chi connectivity index (χ2n) is 7.44. The Bertz CT molecular complexity index is 640. The lowest BCUT2D eigenvalue weighted by atomic mass is 10.1. The van der Waals surface area contributed by atoms with Gasteiger partial charge >= 0.3 is 6.09 Å². The van der Waals surface area contributed by atoms with Gasteiger partial charge < -0.3 is 15.0 Å². The molecule has 0 aromatic heterocycles. The van der Waals surface area contributed by atoms with Gasteiger partial charge in [-0.25, -0.2) is 4.79 Å². The van der Waals surface area contributed by atoms with Crippen LogP contribution < -0.4 is 5.32 Å². The fourth-order valence-corrected chi connectivity index (χ4v) is 3.80. The van der Waals surface area contributed by atoms with Gasteiger partial charge in [-0.15, -0.1) is 11.8 Å². The third-order valence-corrected chi connectivity index (χ3v) is 5.62. The van der Waals surface area contributed by atoms with Gasteiger partial charge in [0.1, 0.15) is 5.60 Å². The molecular weight excluding hydrogens is 372 g/mol. The lowest BCUT2D eigenvalue weighted by molar-refractivity contribution is -0.121. The highest BCUT2D eigenvalue weighted by Crippen LogP contribution is 2.30. The summed E-state index contributed by atoms with van der Waals surface area (Å²) in [5.74, 6) is -0.00867. The Morgan fingerprint density at radius 1 is 1.27 bits per heavy atom. The largest absolute Gasteiger partial charge is 0.444 e. The SMILES string of the molecule is CC(Sc1ccccc1Cl)C(=O)NC1CCN(C(=O)OC(C)(C)C)CC1. The number of benzene rings is 1. The molecule has 1 aliphatic heterocycles. The summed E-state index contributed by atoms with van der Waals surface area (Å²) in [5, 5.41) is 3.50. The Hall–Kier alpha value is -1.40. The lowest BCUT2D eigenvalue weighted by Crippen LogP contribution is -2.49. The second-order valence-corrected chi connectivity index (χ2v) is 9.23. The summed E-state index contributed by atoms with van der Waals surface area (Å²) in [6.07, 6.45) is 1.17. The van der Waals surface area contributed by atoms with Gasteiger partial charge in [0, 0.05) is 24.0 Å². The quantitative estimate of drug-likeness (QED) is 0.766. The van der Waals surface area contributed by atoms with Crippen molar-refractivity contribution in [2.75, 3.05) is 13.1 Å². The standard InChI is InChI=1S/C19H27ClN2O3S/c1-13(26-16-8-6-5-7-15(16)20)17(23)21-14-9-11-22(12-10-14)18(24)25-19(2,3)4/h5-8,13-14H,9-12H2,1-4H3,(H,21,23). The highest BCUT2D eigenvalue weighted by molar-refractivity contribution is 8.00. The van der Waals surface area contributed by atoms with Crippen molar-refractivity contribution >= 4 is 35.4 Å². The fraction of sp³-hybridized carbons (Fsp3) is 0.579. The molecule has 26 heavy (non-hydrogen) atoms. The summed E-state index contributed by atoms with van der Waals surface area (Å²) in [5.41, 5.74) is -0.493. The first kappa shape index (κ1) is 20.9. The van der Waals surface area contributed by atoms with Crippen molar-refractivity contribution in [3.63, 3.8) is 0 Å². The van der Waals surface area contributed by atoms with Crippen molar-refractivity contribution in [1.29, 1.82) is 0 Å². The molecule has 1 saturated heterocycles. The Kier molecular flexibility index (Phi) is 7.24. The third kappa shape index (κ3) is 6.40. The minimum absolute atomic E-state index is 0.00867. The number of ether oxygens (including phenoxy) is 1. The molecule has 5 nitrogen and oxygen atoms in total. The van der Waals surface area contributed by atoms with Crippen LogP contribution in [0.1, 0.15) is 40.5 Å². The minimum Gasteiger partial charge on any atom is -0.444 e. The predicted molar refractivity (Wildman–Crippen MR) is 106 cm³/mol. The summed E-state index contributed by atoms with van der Waals surface area (Å²) >= 11 is 7.60. The number of carbonyl (C=O) groups excluding carboxylic acids is 2. The van der Waals surface area contributed by atoms with Crippen molar-refractivity contribution in [2.45, 2.75) is 62.3 Å². The van der Waals surface area contributed by atoms with Gasteiger partial charge in [0.2, 0.25) is 5.91 Å². The van der Waals surface area contributed by atoms with Crippen molar-refractivity contribution < 1.29 is 14.3 Å². The van der Waals surface area contributed by atoms with Gasteiger partial charge in [-0.3, -0.25) is 4.79 Å². The van der Waals surface area contributed by atoms with Crippen LogP contribution in [0.25, 0.3) is 0 Å². The molecule has 1 aromatic rings. The van der Waals surface area contributed by atoms with E-state index in [9.17, 15) is 9.59 Å². The number of likely N-dealkylation sites (tertiary alicyclic amines) is 1. The Morgan fingerprint density at radius 3 is 2.46 bits per heavy atom. The summed E-state index contributed by atoms with van der Waals surface area (Å²) in [6.45, 7) is 8.62. The highest BCUT2D eigenvalue weighted by atomic mass is 35.5. The molecule has 144 valence electrons. The van der Waals surface area contributed by atoms with E-state index < -0.39 is 5.60 Å². The van der Waals surface area contributed by atoms with Crippen LogP contribution in [0.3, 0.4) is 0 Å². The van der Waals surface area contributed by atoms with Crippen molar-refractivity contribution in [3.05, 3.63) is 29.3 Å². The summed E-state index contributed by atoms with van der Waals surface area (Å²) in [6, 6.07) is 7.59. The van der Waals surface area contributed by atoms with E-state index in [4.69, 9.17) is 16.3 Å². The predicted octanol–water partition coefficient (Wildman–Crippen LogP) is 4.34. The molecule has 2 rings (SSSR count). The molecule has 1 aliphatic rings. The minimum atomic E-state index is -0.493. The maximum Gasteiger partial charge on any atom is 0.410 e. The number of amides is 2. The summed E-state index contributed by atoms with van der Waals surface area (Å²) in [4.78, 5) is 27.1. The van der Waals surface area contributed by atoms with Gasteiger partial charge in [0.15, 0.2) is 0 Å². The molecule has 0 saturated carbocycles. The van der Waals surface area contributed by atoms with Crippen LogP contribution >= 0.6 is 23.4 Å². The molecule has 1 unspecified atom stereocenters. The normalized spacial score (nSPS) is 16.9. The van der Waals surface area contributed by atoms with Crippen LogP contribution in [0.2, 0.25) is 5.02 Å². The van der Waals surface area contributed by atoms with E-state index >= 15 is 0 Å². The summed E-state index contributed by atoms with van der Waals surface area (Å²) in [7, 11) is 0. The van der Waals surface area contributed by atoms with Gasteiger partial charge in [-0.1, -0.05) is 23.7 Å². The monoisotopic (exact) mass is 398 g/mol. The van der Waals surface area contributed by atoms with Gasteiger partial charge in [-0.05, 0) is 52.7 Å². The number of hydrogen-bond acceptors (Lipinski definition) is 4. The maximum absolute atomic E-state index is 12.4. The van der Waals surface area contributed by atoms with Crippen LogP contribution in [0, 0.1) is 0 Å². The topological polar surface area (TPSA) is 58.6 Å². The molecule has 1 atom stereocenters. The number of piperidine rings is 1. The molecule has 1 aromatic carbocycles. The van der Waals surface area contributed by atoms with Crippen molar-refractivity contribution in [2.24, 2.45) is 0 Å². The van der Waals surface area contributed by atoms with Crippen LogP contribution in [0.15, 0.2) is 29.2 Å². The average molecular weight is 399 g/mol. The van der Waals surface area contributed by atoms with Gasteiger partial charge in [0.05, 0.1) is 10.3 Å². The van der Waals surface area contributed by atoms with E-state index in [0.29, 0.717) is 18.1 Å². The smallest absolute Gasteiger partial charge is 0.410 e. The number of halogens is 1. The molecule has 0 aliphatic carbocycles. The first-order valence-corrected chi connectivity index (χ1v) is 10.1. The molecule has 7 heteroatoms. The molecule has 0 spiro atoms. The van der Waals surface area contributed by atoms with E-state index in [1.165, 1.54) is 11.8 Å². The second kappa shape index (κ2) is 9.00. The van der Waals surface area contributed by atoms with Crippen LogP contribution in [-0.2, 0) is 9.53 Å². The molecule has 1 heterocycles. The number of carbonyl (C=O) groups is 2. The number of rotatable bonds is 4. The zero-order chi connectivity index (χ0) is 19.3. The third-order valence-electron chi connectivity index (χ3n) is 4.00. The van der Waals surface area contributed by atoms with E-state index in [0.717, 1.165) is 17.7 Å². The number of nitrogens with zero attached hydrogens (tertiary/aromatic N) is 1. The van der Waals surface area contributed by atoms with Crippen LogP contribution in [-0.4, -0.2) is 46.9 Å². The van der Waals surface area contributed by atoms with Crippen molar-refractivity contribution in [1.82, 2.24) is 10.2 Å². The van der Waals surface area contributed by atoms with Crippen LogP contribution in [0.4, 0.5) is 4.79 Å². The van der Waals surface area contributed by atoms with Gasteiger partial charge in [0.25, 0.3) is 0 Å². The zero-order valence-electron chi connectivity index (χ0n) is 15.8. The zero-order valence-corrected chi connectivity index (χ0v) is 17.3. The number of hydrogen-bond donors (Lipinski definition) is 1. The van der Waals surface area contributed by atoms with E-state index in [1.807, 2.05) is 52.0 Å². The Balaban J connectivity index is 1.79. The number of nitrogens with one attached hydrogen (secondary N) is 1. The van der Waals surface area contributed by atoms with E-state index in [2.05, 4.69) is 5.32 Å². The molecular formula is C19H27ClN2O3S. The summed E-state index contributed by atoms with van der Waals surface area (Å²) < 4.78 is 5.39. The van der Waals surface area contributed by atoms with Crippen LogP contribution in [0.5, 0.6) is 0 Å². The Labute approximate surface area is 164 Å². The first-order chi connectivity index (χ1) is 12.2. The van der Waals surface area contributed by atoms with Gasteiger partial charge in [-0.2, -0.15) is 0 Å². The first-order valence-electron chi connectivity index (χ1n) is 8.85. The maximum atomic E-state index is 12.4. The molecule has 1 fully saturated rings. The molecule has 0 bridgehead atoms. The average Bonchev–Trinajstić information content (AvgIpc) is 2.56. The lowest BCUT2D eigenvalue weighted by Gasteiger charge is -2.34. The highest BCUT2D eigenvalue weighted by Gasteiger charge is 2.28. The van der Waals surface area contributed by atoms with Crippen molar-refractivity contribution in [3.8, 4) is 0 Å². The Morgan fingerprint density at radius 2 is 1.88 bits per heavy atom. The molecule has 0 radical (unpaired) electrons. The van der Waals surface area contributed by atoms with E-state index in [-0.39, 0.29) is 23.3 Å². The molecule has 1 N–H and O–H groups in total. The van der Waals surface area contributed by atoms with E-state index in [1.54, 1.807) is 4.90 Å².